The Bertz CT molecular complexity index is 358. The molecular weight excluding hydrogens is 364 g/mol. The van der Waals surface area contributed by atoms with Crippen molar-refractivity contribution >= 4 is 32.9 Å². The Morgan fingerprint density at radius 1 is 0.720 bits per heavy atom. The van der Waals surface area contributed by atoms with Crippen molar-refractivity contribution in [1.29, 1.82) is 0 Å². The van der Waals surface area contributed by atoms with Gasteiger partial charge in [-0.2, -0.15) is 0 Å². The molecule has 1 rings (SSSR count). The highest BCUT2D eigenvalue weighted by molar-refractivity contribution is 8.77. The predicted molar refractivity (Wildman–Crippen MR) is 118 cm³/mol. The lowest BCUT2D eigenvalue weighted by atomic mass is 10.0. The first-order chi connectivity index (χ1) is 12.4. The minimum absolute atomic E-state index is 1.08. The van der Waals surface area contributed by atoms with Gasteiger partial charge in [0.1, 0.15) is 5.51 Å². The van der Waals surface area contributed by atoms with Gasteiger partial charge in [0.05, 0.1) is 0 Å². The molecule has 1 aromatic rings. The maximum Gasteiger partial charge on any atom is 0.184 e. The van der Waals surface area contributed by atoms with E-state index in [0.717, 1.165) is 4.34 Å². The summed E-state index contributed by atoms with van der Waals surface area (Å²) in [5, 5.41) is 7.90. The van der Waals surface area contributed by atoms with Crippen LogP contribution in [0, 0.1) is 0 Å². The lowest BCUT2D eigenvalue weighted by molar-refractivity contribution is 0.532. The molecule has 0 unspecified atom stereocenters. The molecule has 0 aromatic carbocycles. The van der Waals surface area contributed by atoms with E-state index in [-0.39, 0.29) is 0 Å². The van der Waals surface area contributed by atoms with Crippen LogP contribution in [-0.2, 0) is 0 Å². The molecule has 0 saturated heterocycles. The van der Waals surface area contributed by atoms with Crippen molar-refractivity contribution < 1.29 is 0 Å². The summed E-state index contributed by atoms with van der Waals surface area (Å²) in [5.41, 5.74) is 1.80. The van der Waals surface area contributed by atoms with Gasteiger partial charge in [-0.1, -0.05) is 125 Å². The SMILES string of the molecule is CCCCCCCCCCCCCCCCCCSSc1nncs1. The standard InChI is InChI=1S/C20H38N2S3/c1-2-3-4-5-6-7-8-9-10-11-12-13-14-15-16-17-18-24-25-20-22-21-19-23-20/h19H,2-18H2,1H3. The molecule has 0 spiro atoms. The zero-order valence-corrected chi connectivity index (χ0v) is 18.7. The first-order valence-corrected chi connectivity index (χ1v) is 13.7. The third-order valence-corrected chi connectivity index (χ3v) is 8.01. The number of nitrogens with zero attached hydrogens (tertiary/aromatic N) is 2. The van der Waals surface area contributed by atoms with Crippen molar-refractivity contribution in [1.82, 2.24) is 10.2 Å². The Morgan fingerprint density at radius 3 is 1.64 bits per heavy atom. The second-order valence-electron chi connectivity index (χ2n) is 6.91. The summed E-state index contributed by atoms with van der Waals surface area (Å²) in [6.07, 6.45) is 23.0. The molecule has 1 heterocycles. The Labute approximate surface area is 168 Å². The maximum absolute atomic E-state index is 4.04. The molecule has 0 atom stereocenters. The van der Waals surface area contributed by atoms with Gasteiger partial charge >= 0.3 is 0 Å². The molecule has 0 N–H and O–H groups in total. The van der Waals surface area contributed by atoms with Crippen LogP contribution in [0.4, 0.5) is 0 Å². The highest BCUT2D eigenvalue weighted by atomic mass is 33.1. The quantitative estimate of drug-likeness (QED) is 0.171. The average molecular weight is 403 g/mol. The van der Waals surface area contributed by atoms with Gasteiger partial charge in [-0.25, -0.2) is 0 Å². The van der Waals surface area contributed by atoms with E-state index in [1.807, 2.05) is 10.8 Å². The maximum atomic E-state index is 4.04. The van der Waals surface area contributed by atoms with Crippen LogP contribution in [-0.4, -0.2) is 16.0 Å². The molecule has 146 valence electrons. The van der Waals surface area contributed by atoms with E-state index in [1.54, 1.807) is 27.6 Å². The van der Waals surface area contributed by atoms with Gasteiger partial charge in [0.15, 0.2) is 4.34 Å². The van der Waals surface area contributed by atoms with E-state index >= 15 is 0 Å². The summed E-state index contributed by atoms with van der Waals surface area (Å²) >= 11 is 1.63. The van der Waals surface area contributed by atoms with Crippen LogP contribution >= 0.6 is 32.9 Å². The smallest absolute Gasteiger partial charge is 0.146 e. The molecule has 0 radical (unpaired) electrons. The van der Waals surface area contributed by atoms with E-state index < -0.39 is 0 Å². The minimum atomic E-state index is 1.08. The van der Waals surface area contributed by atoms with Crippen LogP contribution in [0.5, 0.6) is 0 Å². The van der Waals surface area contributed by atoms with E-state index in [4.69, 9.17) is 0 Å². The van der Waals surface area contributed by atoms with Crippen molar-refractivity contribution in [3.05, 3.63) is 5.51 Å². The van der Waals surface area contributed by atoms with E-state index in [9.17, 15) is 0 Å². The predicted octanol–water partition coefficient (Wildman–Crippen LogP) is 8.54. The number of rotatable bonds is 19. The fourth-order valence-corrected chi connectivity index (χ4v) is 5.94. The second-order valence-corrected chi connectivity index (χ2v) is 10.4. The first kappa shape index (κ1) is 23.3. The molecule has 0 bridgehead atoms. The fraction of sp³-hybridized carbons (Fsp3) is 0.900. The third kappa shape index (κ3) is 16.2. The number of hydrogen-bond acceptors (Lipinski definition) is 5. The van der Waals surface area contributed by atoms with Gasteiger partial charge in [-0.3, -0.25) is 0 Å². The molecule has 25 heavy (non-hydrogen) atoms. The van der Waals surface area contributed by atoms with Crippen LogP contribution in [0.15, 0.2) is 9.85 Å². The van der Waals surface area contributed by atoms with Crippen molar-refractivity contribution in [2.75, 3.05) is 5.75 Å². The van der Waals surface area contributed by atoms with Crippen LogP contribution in [0.1, 0.15) is 110 Å². The summed E-state index contributed by atoms with van der Waals surface area (Å²) < 4.78 is 1.08. The molecule has 0 aliphatic heterocycles. The fourth-order valence-electron chi connectivity index (χ4n) is 3.00. The summed E-state index contributed by atoms with van der Waals surface area (Å²) in [4.78, 5) is 0. The first-order valence-electron chi connectivity index (χ1n) is 10.5. The molecular formula is C20H38N2S3. The summed E-state index contributed by atoms with van der Waals surface area (Å²) in [7, 11) is 3.70. The van der Waals surface area contributed by atoms with Crippen molar-refractivity contribution in [2.24, 2.45) is 0 Å². The summed E-state index contributed by atoms with van der Waals surface area (Å²) in [6, 6.07) is 0. The van der Waals surface area contributed by atoms with Gasteiger partial charge in [0.2, 0.25) is 0 Å². The topological polar surface area (TPSA) is 25.8 Å². The molecule has 0 amide bonds. The minimum Gasteiger partial charge on any atom is -0.146 e. The Balaban J connectivity index is 1.65. The van der Waals surface area contributed by atoms with Gasteiger partial charge in [-0.15, -0.1) is 10.2 Å². The monoisotopic (exact) mass is 402 g/mol. The van der Waals surface area contributed by atoms with E-state index in [2.05, 4.69) is 17.1 Å². The Morgan fingerprint density at radius 2 is 1.20 bits per heavy atom. The molecule has 1 aromatic heterocycles. The molecule has 5 heteroatoms. The molecule has 0 aliphatic carbocycles. The van der Waals surface area contributed by atoms with Gasteiger partial charge in [0, 0.05) is 5.75 Å². The van der Waals surface area contributed by atoms with Crippen molar-refractivity contribution in [3.8, 4) is 0 Å². The van der Waals surface area contributed by atoms with Crippen LogP contribution < -0.4 is 0 Å². The summed E-state index contributed by atoms with van der Waals surface area (Å²) in [5.74, 6) is 1.24. The Kier molecular flexibility index (Phi) is 17.7. The molecule has 0 saturated carbocycles. The number of aromatic nitrogens is 2. The van der Waals surface area contributed by atoms with Crippen LogP contribution in [0.3, 0.4) is 0 Å². The average Bonchev–Trinajstić information content (AvgIpc) is 3.14. The molecule has 0 fully saturated rings. The number of unbranched alkanes of at least 4 members (excludes halogenated alkanes) is 15. The Hall–Kier alpha value is 0.260. The lowest BCUT2D eigenvalue weighted by Crippen LogP contribution is -1.84. The third-order valence-electron chi connectivity index (χ3n) is 4.55. The molecule has 0 aliphatic rings. The highest BCUT2D eigenvalue weighted by Crippen LogP contribution is 2.32. The van der Waals surface area contributed by atoms with E-state index in [0.29, 0.717) is 0 Å². The van der Waals surface area contributed by atoms with Crippen molar-refractivity contribution in [2.45, 2.75) is 114 Å². The van der Waals surface area contributed by atoms with Gasteiger partial charge in [0.25, 0.3) is 0 Å². The van der Waals surface area contributed by atoms with Gasteiger partial charge < -0.3 is 0 Å². The zero-order chi connectivity index (χ0) is 17.8. The van der Waals surface area contributed by atoms with Crippen LogP contribution in [0.25, 0.3) is 0 Å². The second kappa shape index (κ2) is 19.0. The highest BCUT2D eigenvalue weighted by Gasteiger charge is 1.98. The normalized spacial score (nSPS) is 11.2. The van der Waals surface area contributed by atoms with Gasteiger partial charge in [-0.05, 0) is 17.2 Å². The van der Waals surface area contributed by atoms with E-state index in [1.165, 1.54) is 108 Å². The largest absolute Gasteiger partial charge is 0.184 e. The molecule has 2 nitrogen and oxygen atoms in total. The lowest BCUT2D eigenvalue weighted by Gasteiger charge is -2.03. The zero-order valence-electron chi connectivity index (χ0n) is 16.2. The summed E-state index contributed by atoms with van der Waals surface area (Å²) in [6.45, 7) is 2.29. The van der Waals surface area contributed by atoms with Crippen LogP contribution in [0.2, 0.25) is 0 Å². The van der Waals surface area contributed by atoms with Crippen molar-refractivity contribution in [3.63, 3.8) is 0 Å². The number of hydrogen-bond donors (Lipinski definition) is 0.